The second kappa shape index (κ2) is 6.97. The van der Waals surface area contributed by atoms with Crippen LogP contribution < -0.4 is 0 Å². The molecule has 0 bridgehead atoms. The Kier molecular flexibility index (Phi) is 4.96. The third-order valence-corrected chi connectivity index (χ3v) is 6.31. The summed E-state index contributed by atoms with van der Waals surface area (Å²) in [5.74, 6) is -0.717. The van der Waals surface area contributed by atoms with Gasteiger partial charge in [-0.15, -0.1) is 11.3 Å². The minimum atomic E-state index is -0.868. The number of aryl methyl sites for hydroxylation is 2. The molecule has 5 nitrogen and oxygen atoms in total. The van der Waals surface area contributed by atoms with E-state index in [1.165, 1.54) is 41.9 Å². The molecule has 7 heteroatoms. The SMILES string of the molecule is CCOC(=O)[C@H](Sc1ncnc2sc3c(c12)CCCC3)C(C)=O. The molecule has 0 radical (unpaired) electrons. The van der Waals surface area contributed by atoms with E-state index in [2.05, 4.69) is 9.97 Å². The van der Waals surface area contributed by atoms with Crippen LogP contribution >= 0.6 is 23.1 Å². The molecule has 1 aliphatic rings. The molecule has 0 fully saturated rings. The van der Waals surface area contributed by atoms with Gasteiger partial charge in [0.25, 0.3) is 0 Å². The van der Waals surface area contributed by atoms with Crippen LogP contribution in [0.5, 0.6) is 0 Å². The molecule has 122 valence electrons. The molecule has 0 saturated heterocycles. The Morgan fingerprint density at radius 1 is 1.35 bits per heavy atom. The first-order chi connectivity index (χ1) is 11.1. The summed E-state index contributed by atoms with van der Waals surface area (Å²) >= 11 is 2.89. The molecule has 0 unspecified atom stereocenters. The van der Waals surface area contributed by atoms with Crippen molar-refractivity contribution in [1.82, 2.24) is 9.97 Å². The average molecular weight is 350 g/mol. The van der Waals surface area contributed by atoms with Crippen molar-refractivity contribution in [3.63, 3.8) is 0 Å². The van der Waals surface area contributed by atoms with Crippen LogP contribution in [0.15, 0.2) is 11.4 Å². The van der Waals surface area contributed by atoms with Gasteiger partial charge < -0.3 is 4.74 Å². The van der Waals surface area contributed by atoms with E-state index in [0.717, 1.165) is 29.5 Å². The standard InChI is InChI=1S/C16H18N2O3S2/c1-3-21-16(20)13(9(2)19)23-15-12-10-6-4-5-7-11(10)22-14(12)17-8-18-15/h8,13H,3-7H2,1-2H3/t13-/m1/s1. The number of carbonyl (C=O) groups excluding carboxylic acids is 2. The van der Waals surface area contributed by atoms with Crippen molar-refractivity contribution in [3.8, 4) is 0 Å². The number of esters is 1. The van der Waals surface area contributed by atoms with Crippen molar-refractivity contribution in [2.75, 3.05) is 6.61 Å². The summed E-state index contributed by atoms with van der Waals surface area (Å²) < 4.78 is 5.02. The van der Waals surface area contributed by atoms with Gasteiger partial charge in [0.1, 0.15) is 16.2 Å². The molecule has 0 amide bonds. The largest absolute Gasteiger partial charge is 0.465 e. The van der Waals surface area contributed by atoms with Crippen LogP contribution in [0.2, 0.25) is 0 Å². The van der Waals surface area contributed by atoms with Gasteiger partial charge in [-0.05, 0) is 45.1 Å². The van der Waals surface area contributed by atoms with Gasteiger partial charge >= 0.3 is 5.97 Å². The van der Waals surface area contributed by atoms with E-state index in [1.54, 1.807) is 18.3 Å². The number of thioether (sulfide) groups is 1. The molecule has 2 aromatic rings. The molecule has 2 heterocycles. The van der Waals surface area contributed by atoms with Crippen LogP contribution in [0.1, 0.15) is 37.1 Å². The lowest BCUT2D eigenvalue weighted by atomic mass is 9.97. The molecule has 23 heavy (non-hydrogen) atoms. The number of rotatable bonds is 5. The predicted molar refractivity (Wildman–Crippen MR) is 91.0 cm³/mol. The van der Waals surface area contributed by atoms with Gasteiger partial charge in [-0.2, -0.15) is 0 Å². The summed E-state index contributed by atoms with van der Waals surface area (Å²) in [4.78, 5) is 34.9. The van der Waals surface area contributed by atoms with Crippen molar-refractivity contribution in [3.05, 3.63) is 16.8 Å². The van der Waals surface area contributed by atoms with Gasteiger partial charge in [-0.25, -0.2) is 9.97 Å². The molecule has 2 aromatic heterocycles. The van der Waals surface area contributed by atoms with Crippen LogP contribution in [0.3, 0.4) is 0 Å². The van der Waals surface area contributed by atoms with Crippen molar-refractivity contribution < 1.29 is 14.3 Å². The number of carbonyl (C=O) groups is 2. The Labute approximate surface area is 142 Å². The Morgan fingerprint density at radius 2 is 2.13 bits per heavy atom. The van der Waals surface area contributed by atoms with E-state index in [-0.39, 0.29) is 12.4 Å². The van der Waals surface area contributed by atoms with E-state index in [1.807, 2.05) is 0 Å². The molecule has 0 N–H and O–H groups in total. The number of Topliss-reactive ketones (excluding diaryl/α,β-unsaturated/α-hetero) is 1. The van der Waals surface area contributed by atoms with Crippen molar-refractivity contribution >= 4 is 45.1 Å². The quantitative estimate of drug-likeness (QED) is 0.357. The zero-order chi connectivity index (χ0) is 16.4. The third-order valence-electron chi connectivity index (χ3n) is 3.82. The number of hydrogen-bond donors (Lipinski definition) is 0. The van der Waals surface area contributed by atoms with Crippen molar-refractivity contribution in [2.24, 2.45) is 0 Å². The molecule has 0 spiro atoms. The van der Waals surface area contributed by atoms with Crippen molar-refractivity contribution in [2.45, 2.75) is 49.8 Å². The molecule has 0 aliphatic heterocycles. The predicted octanol–water partition coefficient (Wildman–Crippen LogP) is 3.18. The number of nitrogens with zero attached hydrogens (tertiary/aromatic N) is 2. The fraction of sp³-hybridized carbons (Fsp3) is 0.500. The number of hydrogen-bond acceptors (Lipinski definition) is 7. The molecule has 0 saturated carbocycles. The third kappa shape index (κ3) is 3.26. The summed E-state index contributed by atoms with van der Waals surface area (Å²) in [6, 6.07) is 0. The highest BCUT2D eigenvalue weighted by Crippen LogP contribution is 2.40. The molecule has 1 atom stereocenters. The van der Waals surface area contributed by atoms with Gasteiger partial charge in [-0.1, -0.05) is 11.8 Å². The minimum absolute atomic E-state index is 0.218. The number of ketones is 1. The van der Waals surface area contributed by atoms with E-state index >= 15 is 0 Å². The van der Waals surface area contributed by atoms with E-state index in [0.29, 0.717) is 5.03 Å². The summed E-state index contributed by atoms with van der Waals surface area (Å²) in [6.45, 7) is 3.41. The van der Waals surface area contributed by atoms with Gasteiger partial charge in [0.15, 0.2) is 11.0 Å². The van der Waals surface area contributed by atoms with Gasteiger partial charge in [0.05, 0.1) is 6.61 Å². The Bertz CT molecular complexity index is 757. The van der Waals surface area contributed by atoms with Crippen LogP contribution in [0, 0.1) is 0 Å². The Morgan fingerprint density at radius 3 is 2.87 bits per heavy atom. The first kappa shape index (κ1) is 16.4. The van der Waals surface area contributed by atoms with Crippen molar-refractivity contribution in [1.29, 1.82) is 0 Å². The lowest BCUT2D eigenvalue weighted by Crippen LogP contribution is -2.27. The summed E-state index contributed by atoms with van der Waals surface area (Å²) in [6.07, 6.45) is 5.96. The first-order valence-corrected chi connectivity index (χ1v) is 9.40. The molecular weight excluding hydrogens is 332 g/mol. The first-order valence-electron chi connectivity index (χ1n) is 7.70. The van der Waals surface area contributed by atoms with Crippen LogP contribution in [-0.2, 0) is 27.2 Å². The molecular formula is C16H18N2O3S2. The molecule has 0 aromatic carbocycles. The van der Waals surface area contributed by atoms with E-state index in [9.17, 15) is 9.59 Å². The lowest BCUT2D eigenvalue weighted by Gasteiger charge is -2.14. The maximum absolute atomic E-state index is 12.0. The maximum Gasteiger partial charge on any atom is 0.327 e. The summed E-state index contributed by atoms with van der Waals surface area (Å²) in [5.41, 5.74) is 1.30. The highest BCUT2D eigenvalue weighted by molar-refractivity contribution is 8.01. The average Bonchev–Trinajstić information content (AvgIpc) is 2.91. The van der Waals surface area contributed by atoms with Gasteiger partial charge in [0, 0.05) is 10.3 Å². The highest BCUT2D eigenvalue weighted by Gasteiger charge is 2.29. The smallest absolute Gasteiger partial charge is 0.327 e. The van der Waals surface area contributed by atoms with Gasteiger partial charge in [0.2, 0.25) is 0 Å². The van der Waals surface area contributed by atoms with Crippen LogP contribution in [-0.4, -0.2) is 33.6 Å². The normalized spacial score (nSPS) is 15.2. The number of aromatic nitrogens is 2. The van der Waals surface area contributed by atoms with E-state index in [4.69, 9.17) is 4.74 Å². The second-order valence-corrected chi connectivity index (χ2v) is 7.61. The Balaban J connectivity index is 2.00. The second-order valence-electron chi connectivity index (χ2n) is 5.43. The fourth-order valence-electron chi connectivity index (χ4n) is 2.78. The number of thiophene rings is 1. The molecule has 1 aliphatic carbocycles. The lowest BCUT2D eigenvalue weighted by molar-refractivity contribution is -0.144. The zero-order valence-corrected chi connectivity index (χ0v) is 14.8. The Hall–Kier alpha value is -1.47. The molecule has 3 rings (SSSR count). The van der Waals surface area contributed by atoms with Crippen LogP contribution in [0.25, 0.3) is 10.2 Å². The minimum Gasteiger partial charge on any atom is -0.465 e. The fourth-order valence-corrected chi connectivity index (χ4v) is 5.07. The van der Waals surface area contributed by atoms with Gasteiger partial charge in [-0.3, -0.25) is 9.59 Å². The summed E-state index contributed by atoms with van der Waals surface area (Å²) in [5, 5.41) is 0.864. The number of ether oxygens (including phenoxy) is 1. The van der Waals surface area contributed by atoms with Crippen LogP contribution in [0.4, 0.5) is 0 Å². The summed E-state index contributed by atoms with van der Waals surface area (Å²) in [7, 11) is 0. The number of fused-ring (bicyclic) bond motifs is 3. The van der Waals surface area contributed by atoms with E-state index < -0.39 is 11.2 Å². The zero-order valence-electron chi connectivity index (χ0n) is 13.1. The highest BCUT2D eigenvalue weighted by atomic mass is 32.2. The monoisotopic (exact) mass is 350 g/mol. The maximum atomic E-state index is 12.0. The topological polar surface area (TPSA) is 69.2 Å².